The first-order valence-electron chi connectivity index (χ1n) is 6.59. The van der Waals surface area contributed by atoms with E-state index < -0.39 is 30.3 Å². The standard InChI is InChI=1S/C13H15F5N2O2/c14-12(15)11(20-5-3-19-4-6-20)9-7-8(1-2-10(9)21)22-13(16,17)18/h1-2,7,11-12,19,21H,3-6H2/t11-/m0/s1. The Bertz CT molecular complexity index is 504. The number of rotatable bonds is 4. The number of alkyl halides is 5. The fraction of sp³-hybridized carbons (Fsp3) is 0.538. The molecule has 4 nitrogen and oxygen atoms in total. The average Bonchev–Trinajstić information content (AvgIpc) is 2.42. The van der Waals surface area contributed by atoms with Crippen LogP contribution in [0.3, 0.4) is 0 Å². The molecule has 1 aromatic carbocycles. The predicted molar refractivity (Wildman–Crippen MR) is 68.0 cm³/mol. The van der Waals surface area contributed by atoms with E-state index in [2.05, 4.69) is 10.1 Å². The molecule has 1 saturated heterocycles. The van der Waals surface area contributed by atoms with Gasteiger partial charge in [0.1, 0.15) is 17.5 Å². The summed E-state index contributed by atoms with van der Waals surface area (Å²) in [5, 5.41) is 12.8. The zero-order valence-electron chi connectivity index (χ0n) is 11.4. The maximum absolute atomic E-state index is 13.4. The topological polar surface area (TPSA) is 44.7 Å². The van der Waals surface area contributed by atoms with Gasteiger partial charge >= 0.3 is 6.36 Å². The zero-order valence-corrected chi connectivity index (χ0v) is 11.4. The van der Waals surface area contributed by atoms with Gasteiger partial charge in [0.15, 0.2) is 0 Å². The number of piperazine rings is 1. The van der Waals surface area contributed by atoms with Crippen molar-refractivity contribution >= 4 is 0 Å². The third-order valence-electron chi connectivity index (χ3n) is 3.33. The highest BCUT2D eigenvalue weighted by Gasteiger charge is 2.34. The van der Waals surface area contributed by atoms with Gasteiger partial charge in [0.25, 0.3) is 6.43 Å². The van der Waals surface area contributed by atoms with Crippen LogP contribution in [-0.2, 0) is 0 Å². The van der Waals surface area contributed by atoms with Crippen molar-refractivity contribution in [3.8, 4) is 11.5 Å². The molecular formula is C13H15F5N2O2. The summed E-state index contributed by atoms with van der Waals surface area (Å²) in [6, 6.07) is 1.13. The predicted octanol–water partition coefficient (Wildman–Crippen LogP) is 2.50. The molecule has 1 atom stereocenters. The molecule has 9 heteroatoms. The van der Waals surface area contributed by atoms with Crippen LogP contribution >= 0.6 is 0 Å². The molecule has 1 aromatic rings. The van der Waals surface area contributed by atoms with Crippen LogP contribution in [-0.4, -0.2) is 49.0 Å². The molecule has 1 aliphatic heterocycles. The Kier molecular flexibility index (Phi) is 5.07. The van der Waals surface area contributed by atoms with E-state index in [9.17, 15) is 27.1 Å². The van der Waals surface area contributed by atoms with Crippen molar-refractivity contribution in [3.63, 3.8) is 0 Å². The number of ether oxygens (including phenoxy) is 1. The van der Waals surface area contributed by atoms with Crippen LogP contribution in [0.25, 0.3) is 0 Å². The van der Waals surface area contributed by atoms with E-state index in [4.69, 9.17) is 0 Å². The Hall–Kier alpha value is -1.61. The van der Waals surface area contributed by atoms with Gasteiger partial charge in [-0.25, -0.2) is 8.78 Å². The number of benzene rings is 1. The Morgan fingerprint density at radius 3 is 2.36 bits per heavy atom. The molecule has 0 bridgehead atoms. The third-order valence-corrected chi connectivity index (χ3v) is 3.33. The molecule has 2 N–H and O–H groups in total. The SMILES string of the molecule is Oc1ccc(OC(F)(F)F)cc1[C@@H](C(F)F)N1CCNCC1. The van der Waals surface area contributed by atoms with E-state index in [1.54, 1.807) is 0 Å². The molecule has 0 unspecified atom stereocenters. The fourth-order valence-electron chi connectivity index (χ4n) is 2.42. The lowest BCUT2D eigenvalue weighted by atomic mass is 10.0. The van der Waals surface area contributed by atoms with Crippen molar-refractivity contribution in [1.82, 2.24) is 10.2 Å². The summed E-state index contributed by atoms with van der Waals surface area (Å²) in [6.45, 7) is 1.59. The normalized spacial score (nSPS) is 18.5. The van der Waals surface area contributed by atoms with Crippen molar-refractivity contribution in [2.75, 3.05) is 26.2 Å². The molecule has 2 rings (SSSR count). The summed E-state index contributed by atoms with van der Waals surface area (Å²) in [5.74, 6) is -1.13. The number of phenols is 1. The minimum Gasteiger partial charge on any atom is -0.508 e. The van der Waals surface area contributed by atoms with Gasteiger partial charge in [-0.1, -0.05) is 0 Å². The van der Waals surface area contributed by atoms with Crippen LogP contribution in [0.2, 0.25) is 0 Å². The fourth-order valence-corrected chi connectivity index (χ4v) is 2.42. The first kappa shape index (κ1) is 16.8. The monoisotopic (exact) mass is 326 g/mol. The lowest BCUT2D eigenvalue weighted by molar-refractivity contribution is -0.274. The Balaban J connectivity index is 2.31. The third kappa shape index (κ3) is 4.20. The van der Waals surface area contributed by atoms with Crippen LogP contribution in [0.15, 0.2) is 18.2 Å². The van der Waals surface area contributed by atoms with E-state index in [0.29, 0.717) is 26.2 Å². The van der Waals surface area contributed by atoms with Crippen LogP contribution in [0, 0.1) is 0 Å². The number of phenolic OH excluding ortho intramolecular Hbond substituents is 1. The number of hydrogen-bond donors (Lipinski definition) is 2. The quantitative estimate of drug-likeness (QED) is 0.835. The molecule has 0 radical (unpaired) electrons. The second-order valence-corrected chi connectivity index (χ2v) is 4.83. The number of aromatic hydroxyl groups is 1. The van der Waals surface area contributed by atoms with E-state index in [-0.39, 0.29) is 5.56 Å². The molecule has 0 aliphatic carbocycles. The maximum atomic E-state index is 13.4. The number of halogens is 5. The van der Waals surface area contributed by atoms with Gasteiger partial charge in [-0.05, 0) is 18.2 Å². The van der Waals surface area contributed by atoms with Crippen molar-refractivity contribution < 1.29 is 31.8 Å². The summed E-state index contributed by atoms with van der Waals surface area (Å²) in [6.07, 6.45) is -7.78. The van der Waals surface area contributed by atoms with Gasteiger partial charge in [-0.2, -0.15) is 0 Å². The Morgan fingerprint density at radius 1 is 1.18 bits per heavy atom. The smallest absolute Gasteiger partial charge is 0.508 e. The molecule has 1 heterocycles. The molecule has 0 spiro atoms. The summed E-state index contributed by atoms with van der Waals surface area (Å²) < 4.78 is 67.2. The van der Waals surface area contributed by atoms with Crippen molar-refractivity contribution in [3.05, 3.63) is 23.8 Å². The molecular weight excluding hydrogens is 311 g/mol. The molecule has 0 amide bonds. The summed E-state index contributed by atoms with van der Waals surface area (Å²) >= 11 is 0. The van der Waals surface area contributed by atoms with Gasteiger partial charge in [-0.3, -0.25) is 4.90 Å². The molecule has 0 aromatic heterocycles. The highest BCUT2D eigenvalue weighted by atomic mass is 19.4. The van der Waals surface area contributed by atoms with E-state index in [1.165, 1.54) is 4.90 Å². The van der Waals surface area contributed by atoms with Gasteiger partial charge in [0, 0.05) is 31.7 Å². The van der Waals surface area contributed by atoms with Crippen molar-refractivity contribution in [2.24, 2.45) is 0 Å². The van der Waals surface area contributed by atoms with Crippen molar-refractivity contribution in [2.45, 2.75) is 18.8 Å². The summed E-state index contributed by atoms with van der Waals surface area (Å²) in [7, 11) is 0. The minimum absolute atomic E-state index is 0.279. The van der Waals surface area contributed by atoms with Crippen LogP contribution in [0.5, 0.6) is 11.5 Å². The molecule has 22 heavy (non-hydrogen) atoms. The molecule has 1 fully saturated rings. The second-order valence-electron chi connectivity index (χ2n) is 4.83. The van der Waals surface area contributed by atoms with E-state index >= 15 is 0 Å². The van der Waals surface area contributed by atoms with Crippen LogP contribution in [0.4, 0.5) is 22.0 Å². The summed E-state index contributed by atoms with van der Waals surface area (Å²) in [4.78, 5) is 1.42. The van der Waals surface area contributed by atoms with Gasteiger partial charge < -0.3 is 15.2 Å². The second kappa shape index (κ2) is 6.66. The molecule has 0 saturated carbocycles. The highest BCUT2D eigenvalue weighted by molar-refractivity contribution is 5.41. The Morgan fingerprint density at radius 2 is 1.82 bits per heavy atom. The Labute approximate surface area is 123 Å². The van der Waals surface area contributed by atoms with E-state index in [0.717, 1.165) is 18.2 Å². The van der Waals surface area contributed by atoms with Crippen molar-refractivity contribution in [1.29, 1.82) is 0 Å². The number of hydrogen-bond acceptors (Lipinski definition) is 4. The average molecular weight is 326 g/mol. The zero-order chi connectivity index (χ0) is 16.3. The van der Waals surface area contributed by atoms with Gasteiger partial charge in [0.2, 0.25) is 0 Å². The highest BCUT2D eigenvalue weighted by Crippen LogP contribution is 2.37. The van der Waals surface area contributed by atoms with Crippen LogP contribution in [0.1, 0.15) is 11.6 Å². The lowest BCUT2D eigenvalue weighted by Crippen LogP contribution is -2.46. The minimum atomic E-state index is -4.93. The molecule has 1 aliphatic rings. The summed E-state index contributed by atoms with van der Waals surface area (Å²) in [5.41, 5.74) is -0.279. The maximum Gasteiger partial charge on any atom is 0.573 e. The van der Waals surface area contributed by atoms with E-state index in [1.807, 2.05) is 0 Å². The first-order valence-corrected chi connectivity index (χ1v) is 6.59. The van der Waals surface area contributed by atoms with Gasteiger partial charge in [0.05, 0.1) is 0 Å². The first-order chi connectivity index (χ1) is 10.3. The van der Waals surface area contributed by atoms with Gasteiger partial charge in [-0.15, -0.1) is 13.2 Å². The lowest BCUT2D eigenvalue weighted by Gasteiger charge is -2.35. The largest absolute Gasteiger partial charge is 0.573 e. The van der Waals surface area contributed by atoms with Crippen LogP contribution < -0.4 is 10.1 Å². The number of nitrogens with one attached hydrogen (secondary N) is 1. The molecule has 124 valence electrons. The number of nitrogens with zero attached hydrogens (tertiary/aromatic N) is 1.